The van der Waals surface area contributed by atoms with Crippen LogP contribution in [0.15, 0.2) is 126 Å². The van der Waals surface area contributed by atoms with Crippen molar-refractivity contribution in [3.05, 3.63) is 149 Å². The Labute approximate surface area is 307 Å². The predicted octanol–water partition coefficient (Wildman–Crippen LogP) is 6.82. The van der Waals surface area contributed by atoms with Crippen molar-refractivity contribution in [2.24, 2.45) is 0 Å². The SMILES string of the molecule is Nc1ccccc1NC(=O)CCCC(=O)NCc1cccc(-c2ccc([C@@H]3O[C@H](CSc4cccc[n+]4[O-])C[C@H](c4ccc(CO)cc4)O3)cc2)c1. The van der Waals surface area contributed by atoms with Crippen molar-refractivity contribution in [2.45, 2.75) is 62.4 Å². The number of nitrogens with zero attached hydrogens (tertiary/aromatic N) is 1. The summed E-state index contributed by atoms with van der Waals surface area (Å²) in [7, 11) is 0. The molecular formula is C41H42N4O6S. The second kappa shape index (κ2) is 17.8. The smallest absolute Gasteiger partial charge is 0.251 e. The fraction of sp³-hybridized carbons (Fsp3) is 0.244. The minimum absolute atomic E-state index is 0.0268. The summed E-state index contributed by atoms with van der Waals surface area (Å²) in [6.45, 7) is 0.345. The maximum atomic E-state index is 12.5. The topological polar surface area (TPSA) is 150 Å². The molecule has 1 fully saturated rings. The number of hydrogen-bond acceptors (Lipinski definition) is 8. The number of ether oxygens (including phenoxy) is 2. The van der Waals surface area contributed by atoms with Gasteiger partial charge in [0.25, 0.3) is 5.03 Å². The maximum absolute atomic E-state index is 12.5. The zero-order valence-corrected chi connectivity index (χ0v) is 29.5. The van der Waals surface area contributed by atoms with Crippen molar-refractivity contribution >= 4 is 35.0 Å². The van der Waals surface area contributed by atoms with Gasteiger partial charge in [0, 0.05) is 49.3 Å². The molecule has 2 amide bonds. The second-order valence-corrected chi connectivity index (χ2v) is 13.7. The first-order valence-electron chi connectivity index (χ1n) is 17.3. The molecule has 0 aliphatic carbocycles. The van der Waals surface area contributed by atoms with Gasteiger partial charge >= 0.3 is 0 Å². The number of pyridine rings is 1. The van der Waals surface area contributed by atoms with Gasteiger partial charge in [-0.3, -0.25) is 9.59 Å². The fourth-order valence-corrected chi connectivity index (χ4v) is 6.88. The number of para-hydroxylation sites is 2. The molecule has 1 aliphatic heterocycles. The van der Waals surface area contributed by atoms with Crippen molar-refractivity contribution in [3.63, 3.8) is 0 Å². The number of thioether (sulfide) groups is 1. The summed E-state index contributed by atoms with van der Waals surface area (Å²) in [5, 5.41) is 28.1. The molecule has 0 radical (unpaired) electrons. The van der Waals surface area contributed by atoms with Crippen molar-refractivity contribution in [1.82, 2.24) is 5.32 Å². The van der Waals surface area contributed by atoms with Gasteiger partial charge in [0.2, 0.25) is 11.8 Å². The Hall–Kier alpha value is -5.20. The molecule has 5 N–H and O–H groups in total. The molecular weight excluding hydrogens is 677 g/mol. The van der Waals surface area contributed by atoms with Gasteiger partial charge in [-0.25, -0.2) is 0 Å². The quantitative estimate of drug-likeness (QED) is 0.0423. The van der Waals surface area contributed by atoms with Crippen LogP contribution in [-0.4, -0.2) is 28.8 Å². The molecule has 1 aliphatic rings. The van der Waals surface area contributed by atoms with Crippen molar-refractivity contribution < 1.29 is 28.9 Å². The van der Waals surface area contributed by atoms with Crippen molar-refractivity contribution in [3.8, 4) is 11.1 Å². The van der Waals surface area contributed by atoms with E-state index in [9.17, 15) is 19.9 Å². The maximum Gasteiger partial charge on any atom is 0.251 e. The van der Waals surface area contributed by atoms with E-state index >= 15 is 0 Å². The van der Waals surface area contributed by atoms with E-state index in [2.05, 4.69) is 10.6 Å². The Morgan fingerprint density at radius 2 is 1.58 bits per heavy atom. The van der Waals surface area contributed by atoms with Gasteiger partial charge in [0.15, 0.2) is 12.5 Å². The number of benzene rings is 4. The lowest BCUT2D eigenvalue weighted by molar-refractivity contribution is -0.645. The van der Waals surface area contributed by atoms with E-state index in [1.807, 2.05) is 78.9 Å². The minimum atomic E-state index is -0.616. The van der Waals surface area contributed by atoms with Gasteiger partial charge in [-0.2, -0.15) is 4.73 Å². The molecule has 0 bridgehead atoms. The summed E-state index contributed by atoms with van der Waals surface area (Å²) >= 11 is 1.46. The molecule has 3 atom stereocenters. The largest absolute Gasteiger partial charge is 0.618 e. The highest BCUT2D eigenvalue weighted by Gasteiger charge is 2.32. The number of amides is 2. The molecule has 1 saturated heterocycles. The number of nitrogen functional groups attached to an aromatic ring is 1. The highest BCUT2D eigenvalue weighted by Crippen LogP contribution is 2.39. The first kappa shape index (κ1) is 36.6. The van der Waals surface area contributed by atoms with E-state index in [0.717, 1.165) is 38.1 Å². The highest BCUT2D eigenvalue weighted by atomic mass is 32.2. The van der Waals surface area contributed by atoms with Crippen molar-refractivity contribution in [1.29, 1.82) is 0 Å². The van der Waals surface area contributed by atoms with Crippen LogP contribution in [-0.2, 0) is 32.2 Å². The van der Waals surface area contributed by atoms with Crippen LogP contribution < -0.4 is 21.1 Å². The van der Waals surface area contributed by atoms with Crippen LogP contribution in [0.2, 0.25) is 0 Å². The molecule has 0 saturated carbocycles. The Balaban J connectivity index is 1.05. The lowest BCUT2D eigenvalue weighted by Gasteiger charge is -2.36. The standard InChI is InChI=1S/C41H42N4O6S/c42-35-9-1-2-10-36(35)44-39(48)12-6-11-38(47)43-25-29-7-5-8-33(23-29)30-18-20-32(21-19-30)41-50-34(27-52-40-13-3-4-22-45(40)49)24-37(51-41)31-16-14-28(26-46)15-17-31/h1-5,7-10,13-23,34,37,41,46H,6,11-12,24-27,42H2,(H,43,47)(H,44,48)/t34-,37+,41+/m0/s1. The zero-order valence-electron chi connectivity index (χ0n) is 28.7. The summed E-state index contributed by atoms with van der Waals surface area (Å²) in [4.78, 5) is 24.8. The van der Waals surface area contributed by atoms with E-state index in [1.54, 1.807) is 36.4 Å². The summed E-state index contributed by atoms with van der Waals surface area (Å²) in [5.74, 6) is 0.279. The van der Waals surface area contributed by atoms with E-state index in [4.69, 9.17) is 15.2 Å². The zero-order chi connectivity index (χ0) is 36.3. The number of carbonyl (C=O) groups excluding carboxylic acids is 2. The molecule has 52 heavy (non-hydrogen) atoms. The average molecular weight is 719 g/mol. The molecule has 10 nitrogen and oxygen atoms in total. The van der Waals surface area contributed by atoms with Gasteiger partial charge in [-0.05, 0) is 58.5 Å². The number of aromatic nitrogens is 1. The normalized spacial score (nSPS) is 17.0. The number of aliphatic hydroxyl groups is 1. The van der Waals surface area contributed by atoms with Crippen molar-refractivity contribution in [2.75, 3.05) is 16.8 Å². The molecule has 2 heterocycles. The van der Waals surface area contributed by atoms with E-state index in [-0.39, 0.29) is 43.5 Å². The van der Waals surface area contributed by atoms with Crippen LogP contribution in [0.1, 0.15) is 60.3 Å². The van der Waals surface area contributed by atoms with Crippen LogP contribution in [0.4, 0.5) is 11.4 Å². The molecule has 11 heteroatoms. The lowest BCUT2D eigenvalue weighted by atomic mass is 9.99. The number of anilines is 2. The fourth-order valence-electron chi connectivity index (χ4n) is 5.94. The summed E-state index contributed by atoms with van der Waals surface area (Å²) in [6, 6.07) is 36.2. The van der Waals surface area contributed by atoms with Crippen LogP contribution in [0.25, 0.3) is 11.1 Å². The number of aliphatic hydroxyl groups excluding tert-OH is 1. The third-order valence-corrected chi connectivity index (χ3v) is 9.95. The Kier molecular flexibility index (Phi) is 12.5. The lowest BCUT2D eigenvalue weighted by Crippen LogP contribution is -2.32. The van der Waals surface area contributed by atoms with Gasteiger partial charge in [-0.1, -0.05) is 90.6 Å². The Morgan fingerprint density at radius 1 is 0.827 bits per heavy atom. The molecule has 0 unspecified atom stereocenters. The van der Waals surface area contributed by atoms with Crippen LogP contribution in [0, 0.1) is 5.21 Å². The average Bonchev–Trinajstić information content (AvgIpc) is 3.18. The third kappa shape index (κ3) is 9.98. The van der Waals surface area contributed by atoms with Gasteiger partial charge in [0.05, 0.1) is 30.2 Å². The first-order valence-corrected chi connectivity index (χ1v) is 18.2. The van der Waals surface area contributed by atoms with E-state index in [0.29, 0.717) is 41.5 Å². The van der Waals surface area contributed by atoms with Gasteiger partial charge in [0.1, 0.15) is 0 Å². The Bertz CT molecular complexity index is 1960. The first-order chi connectivity index (χ1) is 25.3. The van der Waals surface area contributed by atoms with Gasteiger partial charge in [-0.15, -0.1) is 0 Å². The number of carbonyl (C=O) groups is 2. The molecule has 4 aromatic carbocycles. The molecule has 0 spiro atoms. The molecule has 5 aromatic rings. The summed E-state index contributed by atoms with van der Waals surface area (Å²) < 4.78 is 13.8. The van der Waals surface area contributed by atoms with E-state index in [1.165, 1.54) is 18.0 Å². The molecule has 268 valence electrons. The number of hydrogen-bond donors (Lipinski definition) is 4. The van der Waals surface area contributed by atoms with Crippen LogP contribution >= 0.6 is 11.8 Å². The monoisotopic (exact) mass is 718 g/mol. The summed E-state index contributed by atoms with van der Waals surface area (Å²) in [6.07, 6.45) is 1.97. The molecule has 6 rings (SSSR count). The highest BCUT2D eigenvalue weighted by molar-refractivity contribution is 7.99. The van der Waals surface area contributed by atoms with E-state index < -0.39 is 6.29 Å². The Morgan fingerprint density at radius 3 is 2.35 bits per heavy atom. The summed E-state index contributed by atoms with van der Waals surface area (Å²) in [5.41, 5.74) is 12.6. The third-order valence-electron chi connectivity index (χ3n) is 8.80. The number of nitrogens with one attached hydrogen (secondary N) is 2. The molecule has 1 aromatic heterocycles. The number of nitrogens with two attached hydrogens (primary N) is 1. The van der Waals surface area contributed by atoms with Gasteiger partial charge < -0.3 is 36.2 Å². The van der Waals surface area contributed by atoms with Crippen LogP contribution in [0.3, 0.4) is 0 Å². The number of rotatable bonds is 14. The minimum Gasteiger partial charge on any atom is -0.618 e. The predicted molar refractivity (Wildman–Crippen MR) is 202 cm³/mol. The second-order valence-electron chi connectivity index (χ2n) is 12.6. The van der Waals surface area contributed by atoms with Crippen LogP contribution in [0.5, 0.6) is 0 Å².